The zero-order valence-electron chi connectivity index (χ0n) is 12.3. The first-order valence-corrected chi connectivity index (χ1v) is 6.62. The summed E-state index contributed by atoms with van der Waals surface area (Å²) in [5.41, 5.74) is 0. The van der Waals surface area contributed by atoms with E-state index in [1.54, 1.807) is 6.92 Å². The van der Waals surface area contributed by atoms with E-state index in [1.807, 2.05) is 6.92 Å². The molecule has 0 saturated carbocycles. The summed E-state index contributed by atoms with van der Waals surface area (Å²) >= 11 is 0. The van der Waals surface area contributed by atoms with E-state index in [0.29, 0.717) is 32.2 Å². The minimum absolute atomic E-state index is 0. The number of unbranched alkanes of at least 4 members (excludes halogenated alkanes) is 2. The first-order chi connectivity index (χ1) is 8.51. The molecule has 6 heteroatoms. The molecule has 0 aliphatic carbocycles. The predicted octanol–water partition coefficient (Wildman–Crippen LogP) is -1.71. The van der Waals surface area contributed by atoms with Crippen LogP contribution in [-0.4, -0.2) is 36.0 Å². The summed E-state index contributed by atoms with van der Waals surface area (Å²) in [5, 5.41) is 10.4. The van der Waals surface area contributed by atoms with Crippen LogP contribution in [0.25, 0.3) is 0 Å². The summed E-state index contributed by atoms with van der Waals surface area (Å²) in [6.45, 7) is 3.57. The molecule has 0 fully saturated rings. The van der Waals surface area contributed by atoms with E-state index in [-0.39, 0.29) is 42.0 Å². The van der Waals surface area contributed by atoms with Crippen molar-refractivity contribution in [2.45, 2.75) is 58.5 Å². The average molecular weight is 283 g/mol. The molecule has 1 unspecified atom stereocenters. The third-order valence-corrected chi connectivity index (χ3v) is 2.91. The SMILES string of the molecule is CCC(F)CCCCCC(=O)N(CC)CC(=O)[O-].[Na+]. The fraction of sp³-hybridized carbons (Fsp3) is 0.846. The molecule has 0 aromatic carbocycles. The van der Waals surface area contributed by atoms with Crippen molar-refractivity contribution in [2.75, 3.05) is 13.1 Å². The Balaban J connectivity index is 0. The molecule has 19 heavy (non-hydrogen) atoms. The Morgan fingerprint density at radius 2 is 1.84 bits per heavy atom. The number of amides is 1. The molecular formula is C13H23FNNaO3. The van der Waals surface area contributed by atoms with E-state index < -0.39 is 12.1 Å². The van der Waals surface area contributed by atoms with Crippen LogP contribution >= 0.6 is 0 Å². The fourth-order valence-electron chi connectivity index (χ4n) is 1.71. The number of carboxylic acids is 1. The number of aliphatic carboxylic acids is 1. The summed E-state index contributed by atoms with van der Waals surface area (Å²) in [6, 6.07) is 0. The van der Waals surface area contributed by atoms with Crippen molar-refractivity contribution in [3.05, 3.63) is 0 Å². The molecule has 4 nitrogen and oxygen atoms in total. The van der Waals surface area contributed by atoms with Crippen molar-refractivity contribution in [1.82, 2.24) is 4.90 Å². The Labute approximate surface area is 137 Å². The van der Waals surface area contributed by atoms with Gasteiger partial charge in [-0.05, 0) is 26.2 Å². The zero-order valence-corrected chi connectivity index (χ0v) is 14.3. The third-order valence-electron chi connectivity index (χ3n) is 2.91. The number of nitrogens with zero attached hydrogens (tertiary/aromatic N) is 1. The number of hydrogen-bond acceptors (Lipinski definition) is 3. The van der Waals surface area contributed by atoms with E-state index in [2.05, 4.69) is 0 Å². The maximum Gasteiger partial charge on any atom is 1.00 e. The van der Waals surface area contributed by atoms with Gasteiger partial charge in [0.15, 0.2) is 0 Å². The van der Waals surface area contributed by atoms with Crippen molar-refractivity contribution in [1.29, 1.82) is 0 Å². The molecule has 0 bridgehead atoms. The van der Waals surface area contributed by atoms with E-state index >= 15 is 0 Å². The minimum Gasteiger partial charge on any atom is -0.548 e. The molecule has 0 aromatic rings. The predicted molar refractivity (Wildman–Crippen MR) is 65.5 cm³/mol. The maximum absolute atomic E-state index is 12.9. The monoisotopic (exact) mass is 283 g/mol. The van der Waals surface area contributed by atoms with Gasteiger partial charge in [-0.2, -0.15) is 0 Å². The van der Waals surface area contributed by atoms with E-state index in [0.717, 1.165) is 12.8 Å². The van der Waals surface area contributed by atoms with Crippen LogP contribution in [-0.2, 0) is 9.59 Å². The van der Waals surface area contributed by atoms with Gasteiger partial charge in [0, 0.05) is 13.0 Å². The third kappa shape index (κ3) is 11.4. The second kappa shape index (κ2) is 12.9. The summed E-state index contributed by atoms with van der Waals surface area (Å²) in [4.78, 5) is 23.3. The Morgan fingerprint density at radius 3 is 2.32 bits per heavy atom. The van der Waals surface area contributed by atoms with Gasteiger partial charge < -0.3 is 14.8 Å². The molecule has 0 aliphatic rings. The molecule has 1 atom stereocenters. The van der Waals surface area contributed by atoms with Gasteiger partial charge in [-0.1, -0.05) is 19.8 Å². The quantitative estimate of drug-likeness (QED) is 0.354. The van der Waals surface area contributed by atoms with Crippen molar-refractivity contribution in [2.24, 2.45) is 0 Å². The molecule has 0 aromatic heterocycles. The Hall–Kier alpha value is -0.130. The van der Waals surface area contributed by atoms with Gasteiger partial charge in [0.1, 0.15) is 0 Å². The standard InChI is InChI=1S/C13H24FNO3.Na/c1-3-11(14)8-6-5-7-9-12(16)15(4-2)10-13(17)18;/h11H,3-10H2,1-2H3,(H,17,18);/q;+1/p-1. The van der Waals surface area contributed by atoms with E-state index in [9.17, 15) is 19.1 Å². The molecule has 0 saturated heterocycles. The number of carbonyl (C=O) groups excluding carboxylic acids is 2. The van der Waals surface area contributed by atoms with Crippen LogP contribution in [0.4, 0.5) is 4.39 Å². The van der Waals surface area contributed by atoms with E-state index in [1.165, 1.54) is 4.90 Å². The van der Waals surface area contributed by atoms with Crippen LogP contribution in [0.3, 0.4) is 0 Å². The zero-order chi connectivity index (χ0) is 14.0. The molecule has 0 spiro atoms. The Bertz CT molecular complexity index is 264. The minimum atomic E-state index is -1.24. The van der Waals surface area contributed by atoms with Gasteiger partial charge in [0.2, 0.25) is 5.91 Å². The molecule has 0 radical (unpaired) electrons. The number of halogens is 1. The van der Waals surface area contributed by atoms with Gasteiger partial charge >= 0.3 is 29.6 Å². The number of carboxylic acid groups (broad SMARTS) is 1. The van der Waals surface area contributed by atoms with Gasteiger partial charge in [-0.25, -0.2) is 4.39 Å². The molecule has 106 valence electrons. The average Bonchev–Trinajstić information content (AvgIpc) is 2.34. The molecule has 0 heterocycles. The molecule has 0 rings (SSSR count). The number of carbonyl (C=O) groups is 2. The molecule has 1 amide bonds. The summed E-state index contributed by atoms with van der Waals surface area (Å²) in [7, 11) is 0. The van der Waals surface area contributed by atoms with Crippen LogP contribution in [0.15, 0.2) is 0 Å². The second-order valence-corrected chi connectivity index (χ2v) is 4.38. The number of rotatable bonds is 10. The summed E-state index contributed by atoms with van der Waals surface area (Å²) < 4.78 is 12.9. The van der Waals surface area contributed by atoms with Crippen molar-refractivity contribution in [3.63, 3.8) is 0 Å². The molecule has 0 aliphatic heterocycles. The van der Waals surface area contributed by atoms with Crippen molar-refractivity contribution >= 4 is 11.9 Å². The number of likely N-dealkylation sites (N-methyl/N-ethyl adjacent to an activating group) is 1. The van der Waals surface area contributed by atoms with Crippen molar-refractivity contribution in [3.8, 4) is 0 Å². The number of hydrogen-bond donors (Lipinski definition) is 0. The van der Waals surface area contributed by atoms with Gasteiger partial charge in [-0.15, -0.1) is 0 Å². The van der Waals surface area contributed by atoms with Gasteiger partial charge in [0.05, 0.1) is 18.7 Å². The van der Waals surface area contributed by atoms with Gasteiger partial charge in [-0.3, -0.25) is 4.79 Å². The fourth-order valence-corrected chi connectivity index (χ4v) is 1.71. The maximum atomic E-state index is 12.9. The Kier molecular flexibility index (Phi) is 14.4. The smallest absolute Gasteiger partial charge is 0.548 e. The summed E-state index contributed by atoms with van der Waals surface area (Å²) in [5.74, 6) is -1.41. The molecule has 0 N–H and O–H groups in total. The second-order valence-electron chi connectivity index (χ2n) is 4.38. The van der Waals surface area contributed by atoms with Crippen molar-refractivity contribution < 1.29 is 48.6 Å². The number of alkyl halides is 1. The van der Waals surface area contributed by atoms with Gasteiger partial charge in [0.25, 0.3) is 0 Å². The molecular weight excluding hydrogens is 260 g/mol. The van der Waals surface area contributed by atoms with Crippen LogP contribution in [0, 0.1) is 0 Å². The Morgan fingerprint density at radius 1 is 1.21 bits per heavy atom. The normalized spacial score (nSPS) is 11.5. The van der Waals surface area contributed by atoms with E-state index in [4.69, 9.17) is 0 Å². The topological polar surface area (TPSA) is 60.4 Å². The summed E-state index contributed by atoms with van der Waals surface area (Å²) in [6.07, 6.45) is 2.91. The largest absolute Gasteiger partial charge is 1.00 e. The first kappa shape index (κ1) is 21.2. The van der Waals surface area contributed by atoms with Crippen LogP contribution in [0.2, 0.25) is 0 Å². The van der Waals surface area contributed by atoms with Crippen LogP contribution in [0.5, 0.6) is 0 Å². The first-order valence-electron chi connectivity index (χ1n) is 6.62. The van der Waals surface area contributed by atoms with Crippen LogP contribution < -0.4 is 34.7 Å². The van der Waals surface area contributed by atoms with Crippen LogP contribution in [0.1, 0.15) is 52.4 Å².